The number of nitrogens with zero attached hydrogens (tertiary/aromatic N) is 1. The summed E-state index contributed by atoms with van der Waals surface area (Å²) >= 11 is 0. The maximum absolute atomic E-state index is 13.0. The third-order valence-corrected chi connectivity index (χ3v) is 1.63. The first kappa shape index (κ1) is 8.18. The summed E-state index contributed by atoms with van der Waals surface area (Å²) in [5.74, 6) is -0.118. The number of aliphatic imine (C=N–C) groups is 1. The summed E-state index contributed by atoms with van der Waals surface area (Å²) < 4.78 is 13.0. The molecule has 0 saturated heterocycles. The van der Waals surface area contributed by atoms with Crippen LogP contribution < -0.4 is 0 Å². The molecule has 1 rings (SSSR count). The minimum absolute atomic E-state index is 0.221. The second-order valence-corrected chi connectivity index (χ2v) is 2.85. The lowest BCUT2D eigenvalue weighted by molar-refractivity contribution is 0.733. The van der Waals surface area contributed by atoms with E-state index in [1.807, 2.05) is 26.0 Å². The predicted octanol–water partition coefficient (Wildman–Crippen LogP) is 2.85. The molecule has 0 aromatic rings. The van der Waals surface area contributed by atoms with E-state index < -0.39 is 0 Å². The van der Waals surface area contributed by atoms with Gasteiger partial charge in [0.15, 0.2) is 0 Å². The van der Waals surface area contributed by atoms with Gasteiger partial charge in [0.25, 0.3) is 0 Å². The molecule has 0 aromatic carbocycles. The Hall–Kier alpha value is -0.920. The summed E-state index contributed by atoms with van der Waals surface area (Å²) in [6, 6.07) is 0. The molecule has 0 N–H and O–H groups in total. The van der Waals surface area contributed by atoms with Gasteiger partial charge in [0.05, 0.1) is 0 Å². The van der Waals surface area contributed by atoms with Crippen LogP contribution in [-0.2, 0) is 0 Å². The summed E-state index contributed by atoms with van der Waals surface area (Å²) in [4.78, 5) is 3.63. The van der Waals surface area contributed by atoms with Crippen molar-refractivity contribution in [2.24, 2.45) is 10.9 Å². The van der Waals surface area contributed by atoms with Crippen molar-refractivity contribution in [3.8, 4) is 0 Å². The van der Waals surface area contributed by atoms with Crippen molar-refractivity contribution < 1.29 is 4.39 Å². The molecule has 2 heteroatoms. The zero-order valence-corrected chi connectivity index (χ0v) is 6.84. The molecule has 0 aromatic heterocycles. The van der Waals surface area contributed by atoms with Crippen LogP contribution in [0, 0.1) is 5.92 Å². The van der Waals surface area contributed by atoms with Crippen LogP contribution in [0.2, 0.25) is 0 Å². The molecule has 0 spiro atoms. The Morgan fingerprint density at radius 2 is 2.27 bits per heavy atom. The van der Waals surface area contributed by atoms with Crippen LogP contribution in [0.4, 0.5) is 4.39 Å². The molecule has 0 amide bonds. The van der Waals surface area contributed by atoms with Crippen LogP contribution in [0.5, 0.6) is 0 Å². The fraction of sp³-hybridized carbons (Fsp3) is 0.444. The monoisotopic (exact) mass is 153 g/mol. The zero-order chi connectivity index (χ0) is 8.27. The SMILES string of the molecule is CC(C)C1=CCC=CN=C1F. The first-order valence-electron chi connectivity index (χ1n) is 3.80. The second-order valence-electron chi connectivity index (χ2n) is 2.85. The van der Waals surface area contributed by atoms with Gasteiger partial charge in [-0.15, -0.1) is 0 Å². The van der Waals surface area contributed by atoms with E-state index in [1.165, 1.54) is 6.20 Å². The standard InChI is InChI=1S/C9H12FN/c1-7(2)8-5-3-4-6-11-9(8)10/h4-7H,3H2,1-2H3. The average molecular weight is 153 g/mol. The second kappa shape index (κ2) is 3.46. The molecule has 1 nitrogen and oxygen atoms in total. The van der Waals surface area contributed by atoms with Crippen LogP contribution in [-0.4, -0.2) is 5.97 Å². The first-order chi connectivity index (χ1) is 5.22. The number of allylic oxidation sites excluding steroid dienone is 3. The van der Waals surface area contributed by atoms with Crippen LogP contribution >= 0.6 is 0 Å². The molecule has 60 valence electrons. The van der Waals surface area contributed by atoms with Crippen LogP contribution in [0.1, 0.15) is 20.3 Å². The van der Waals surface area contributed by atoms with Crippen molar-refractivity contribution in [2.45, 2.75) is 20.3 Å². The molecule has 1 aliphatic heterocycles. The summed E-state index contributed by atoms with van der Waals surface area (Å²) in [6.45, 7) is 3.93. The first-order valence-corrected chi connectivity index (χ1v) is 3.80. The minimum Gasteiger partial charge on any atom is -0.228 e. The zero-order valence-electron chi connectivity index (χ0n) is 6.84. The Kier molecular flexibility index (Phi) is 2.58. The summed E-state index contributed by atoms with van der Waals surface area (Å²) in [5, 5.41) is 0. The molecule has 0 radical (unpaired) electrons. The molecule has 0 bridgehead atoms. The average Bonchev–Trinajstić information content (AvgIpc) is 2.13. The maximum Gasteiger partial charge on any atom is 0.215 e. The van der Waals surface area contributed by atoms with Crippen molar-refractivity contribution in [1.29, 1.82) is 0 Å². The van der Waals surface area contributed by atoms with Gasteiger partial charge in [-0.3, -0.25) is 0 Å². The predicted molar refractivity (Wildman–Crippen MR) is 45.2 cm³/mol. The lowest BCUT2D eigenvalue weighted by Gasteiger charge is -2.05. The van der Waals surface area contributed by atoms with Gasteiger partial charge in [-0.05, 0) is 12.3 Å². The van der Waals surface area contributed by atoms with Gasteiger partial charge in [0, 0.05) is 11.8 Å². The molecule has 1 heterocycles. The molecular formula is C9H12FN. The summed E-state index contributed by atoms with van der Waals surface area (Å²) in [5.41, 5.74) is 0.718. The van der Waals surface area contributed by atoms with Crippen molar-refractivity contribution >= 4 is 5.97 Å². The van der Waals surface area contributed by atoms with Gasteiger partial charge < -0.3 is 0 Å². The molecule has 1 aliphatic rings. The Morgan fingerprint density at radius 1 is 1.55 bits per heavy atom. The Balaban J connectivity index is 2.86. The van der Waals surface area contributed by atoms with E-state index in [2.05, 4.69) is 4.99 Å². The lowest BCUT2D eigenvalue weighted by Crippen LogP contribution is -2.02. The van der Waals surface area contributed by atoms with Crippen molar-refractivity contribution in [1.82, 2.24) is 0 Å². The summed E-state index contributed by atoms with van der Waals surface area (Å²) in [7, 11) is 0. The molecule has 0 atom stereocenters. The van der Waals surface area contributed by atoms with Crippen molar-refractivity contribution in [3.05, 3.63) is 23.9 Å². The third kappa shape index (κ3) is 2.00. The van der Waals surface area contributed by atoms with E-state index in [4.69, 9.17) is 0 Å². The lowest BCUT2D eigenvalue weighted by atomic mass is 10.0. The van der Waals surface area contributed by atoms with Gasteiger partial charge in [-0.25, -0.2) is 4.99 Å². The number of halogens is 1. The highest BCUT2D eigenvalue weighted by Crippen LogP contribution is 2.15. The molecule has 0 fully saturated rings. The van der Waals surface area contributed by atoms with E-state index in [9.17, 15) is 4.39 Å². The number of rotatable bonds is 1. The quantitative estimate of drug-likeness (QED) is 0.549. The molecular weight excluding hydrogens is 141 g/mol. The Morgan fingerprint density at radius 3 is 2.91 bits per heavy atom. The normalized spacial score (nSPS) is 17.8. The van der Waals surface area contributed by atoms with E-state index >= 15 is 0 Å². The molecule has 11 heavy (non-hydrogen) atoms. The van der Waals surface area contributed by atoms with E-state index in [-0.39, 0.29) is 11.9 Å². The van der Waals surface area contributed by atoms with Gasteiger partial charge in [0.1, 0.15) is 0 Å². The largest absolute Gasteiger partial charge is 0.228 e. The fourth-order valence-corrected chi connectivity index (χ4v) is 1.01. The smallest absolute Gasteiger partial charge is 0.215 e. The van der Waals surface area contributed by atoms with Gasteiger partial charge in [-0.1, -0.05) is 26.0 Å². The Labute approximate surface area is 66.3 Å². The van der Waals surface area contributed by atoms with Gasteiger partial charge >= 0.3 is 0 Å². The van der Waals surface area contributed by atoms with Crippen molar-refractivity contribution in [3.63, 3.8) is 0 Å². The topological polar surface area (TPSA) is 12.4 Å². The Bertz CT molecular complexity index is 224. The van der Waals surface area contributed by atoms with E-state index in [0.29, 0.717) is 0 Å². The number of hydrogen-bond donors (Lipinski definition) is 0. The van der Waals surface area contributed by atoms with Gasteiger partial charge in [-0.2, -0.15) is 4.39 Å². The van der Waals surface area contributed by atoms with E-state index in [1.54, 1.807) is 0 Å². The highest BCUT2D eigenvalue weighted by Gasteiger charge is 2.10. The van der Waals surface area contributed by atoms with Crippen LogP contribution in [0.15, 0.2) is 28.9 Å². The van der Waals surface area contributed by atoms with Gasteiger partial charge in [0.2, 0.25) is 5.97 Å². The third-order valence-electron chi connectivity index (χ3n) is 1.63. The summed E-state index contributed by atoms with van der Waals surface area (Å²) in [6.07, 6.45) is 6.02. The maximum atomic E-state index is 13.0. The molecule has 0 saturated carbocycles. The van der Waals surface area contributed by atoms with Crippen LogP contribution in [0.3, 0.4) is 0 Å². The molecule has 0 aliphatic carbocycles. The number of hydrogen-bond acceptors (Lipinski definition) is 1. The van der Waals surface area contributed by atoms with Crippen LogP contribution in [0.25, 0.3) is 0 Å². The highest BCUT2D eigenvalue weighted by molar-refractivity contribution is 5.93. The molecule has 0 unspecified atom stereocenters. The highest BCUT2D eigenvalue weighted by atomic mass is 19.1. The van der Waals surface area contributed by atoms with E-state index in [0.717, 1.165) is 12.0 Å². The van der Waals surface area contributed by atoms with Crippen molar-refractivity contribution in [2.75, 3.05) is 0 Å². The minimum atomic E-state index is -0.339. The fourth-order valence-electron chi connectivity index (χ4n) is 1.01.